The number of nitrogens with one attached hydrogen (secondary N) is 1. The Balaban J connectivity index is 1.81. The lowest BCUT2D eigenvalue weighted by Crippen LogP contribution is -2.37. The summed E-state index contributed by atoms with van der Waals surface area (Å²) in [6.45, 7) is 2.27. The van der Waals surface area contributed by atoms with Crippen molar-refractivity contribution in [3.05, 3.63) is 50.6 Å². The molecule has 3 nitrogen and oxygen atoms in total. The Morgan fingerprint density at radius 2 is 2.19 bits per heavy atom. The first kappa shape index (κ1) is 16.1. The second-order valence-electron chi connectivity index (χ2n) is 4.46. The van der Waals surface area contributed by atoms with Gasteiger partial charge in [-0.05, 0) is 43.0 Å². The molecule has 0 aliphatic carbocycles. The van der Waals surface area contributed by atoms with Gasteiger partial charge in [0.15, 0.2) is 6.10 Å². The molecule has 0 saturated carbocycles. The highest BCUT2D eigenvalue weighted by Crippen LogP contribution is 2.28. The van der Waals surface area contributed by atoms with E-state index >= 15 is 0 Å². The minimum Gasteiger partial charge on any atom is -0.479 e. The van der Waals surface area contributed by atoms with Crippen LogP contribution in [0.25, 0.3) is 0 Å². The van der Waals surface area contributed by atoms with Crippen LogP contribution in [0.3, 0.4) is 0 Å². The van der Waals surface area contributed by atoms with Crippen molar-refractivity contribution in [1.29, 1.82) is 0 Å². The molecular formula is C15H15Cl2NO2S. The second kappa shape index (κ2) is 7.69. The molecule has 2 rings (SSSR count). The van der Waals surface area contributed by atoms with Gasteiger partial charge in [0.05, 0.1) is 5.02 Å². The fraction of sp³-hybridized carbons (Fsp3) is 0.267. The molecule has 1 atom stereocenters. The summed E-state index contributed by atoms with van der Waals surface area (Å²) in [5.74, 6) is 0.277. The lowest BCUT2D eigenvalue weighted by atomic mass is 10.3. The van der Waals surface area contributed by atoms with Gasteiger partial charge >= 0.3 is 0 Å². The van der Waals surface area contributed by atoms with E-state index in [2.05, 4.69) is 5.32 Å². The first-order chi connectivity index (χ1) is 10.1. The van der Waals surface area contributed by atoms with Crippen LogP contribution in [0.4, 0.5) is 0 Å². The Hall–Kier alpha value is -1.23. The Labute approximate surface area is 137 Å². The van der Waals surface area contributed by atoms with E-state index in [0.717, 1.165) is 6.42 Å². The monoisotopic (exact) mass is 343 g/mol. The summed E-state index contributed by atoms with van der Waals surface area (Å²) in [6, 6.07) is 8.95. The topological polar surface area (TPSA) is 38.3 Å². The van der Waals surface area contributed by atoms with Gasteiger partial charge < -0.3 is 10.1 Å². The lowest BCUT2D eigenvalue weighted by Gasteiger charge is -2.15. The Morgan fingerprint density at radius 1 is 1.38 bits per heavy atom. The first-order valence-corrected chi connectivity index (χ1v) is 8.11. The molecule has 0 bridgehead atoms. The number of rotatable bonds is 6. The van der Waals surface area contributed by atoms with Crippen molar-refractivity contribution in [2.45, 2.75) is 19.4 Å². The van der Waals surface area contributed by atoms with Crippen molar-refractivity contribution in [3.8, 4) is 5.75 Å². The zero-order valence-corrected chi connectivity index (χ0v) is 13.8. The number of hydrogen-bond acceptors (Lipinski definition) is 3. The van der Waals surface area contributed by atoms with E-state index in [4.69, 9.17) is 27.9 Å². The van der Waals surface area contributed by atoms with Gasteiger partial charge in [0, 0.05) is 16.4 Å². The number of ether oxygens (including phenoxy) is 1. The van der Waals surface area contributed by atoms with E-state index in [-0.39, 0.29) is 5.91 Å². The molecule has 0 aliphatic rings. The standard InChI is InChI=1S/C15H15Cl2NO2S/c1-10(20-14-5-4-11(16)9-13(14)17)15(19)18-7-6-12-3-2-8-21-12/h2-5,8-10H,6-7H2,1H3,(H,18,19)/t10-/m0/s1. The highest BCUT2D eigenvalue weighted by molar-refractivity contribution is 7.09. The maximum atomic E-state index is 12.0. The molecule has 0 spiro atoms. The van der Waals surface area contributed by atoms with E-state index in [1.807, 2.05) is 17.5 Å². The summed E-state index contributed by atoms with van der Waals surface area (Å²) in [7, 11) is 0. The summed E-state index contributed by atoms with van der Waals surface area (Å²) in [6.07, 6.45) is 0.199. The Kier molecular flexibility index (Phi) is 5.91. The van der Waals surface area contributed by atoms with Crippen molar-refractivity contribution in [1.82, 2.24) is 5.32 Å². The average molecular weight is 344 g/mol. The number of amides is 1. The normalized spacial score (nSPS) is 12.0. The molecule has 2 aromatic rings. The van der Waals surface area contributed by atoms with Gasteiger partial charge in [-0.15, -0.1) is 11.3 Å². The van der Waals surface area contributed by atoms with Crippen molar-refractivity contribution in [2.24, 2.45) is 0 Å². The number of hydrogen-bond donors (Lipinski definition) is 1. The van der Waals surface area contributed by atoms with Gasteiger partial charge in [-0.25, -0.2) is 0 Å². The first-order valence-electron chi connectivity index (χ1n) is 6.48. The summed E-state index contributed by atoms with van der Waals surface area (Å²) in [4.78, 5) is 13.2. The molecule has 0 fully saturated rings. The molecule has 1 heterocycles. The maximum absolute atomic E-state index is 12.0. The van der Waals surface area contributed by atoms with E-state index in [0.29, 0.717) is 22.3 Å². The number of carbonyl (C=O) groups excluding carboxylic acids is 1. The van der Waals surface area contributed by atoms with Crippen molar-refractivity contribution >= 4 is 40.4 Å². The summed E-state index contributed by atoms with van der Waals surface area (Å²) >= 11 is 13.5. The van der Waals surface area contributed by atoms with E-state index in [1.54, 1.807) is 36.5 Å². The number of carbonyl (C=O) groups is 1. The van der Waals surface area contributed by atoms with E-state index in [9.17, 15) is 4.79 Å². The maximum Gasteiger partial charge on any atom is 0.260 e. The van der Waals surface area contributed by atoms with Crippen molar-refractivity contribution in [3.63, 3.8) is 0 Å². The van der Waals surface area contributed by atoms with Gasteiger partial charge in [-0.2, -0.15) is 0 Å². The Morgan fingerprint density at radius 3 is 2.86 bits per heavy atom. The van der Waals surface area contributed by atoms with Crippen molar-refractivity contribution in [2.75, 3.05) is 6.54 Å². The van der Waals surface area contributed by atoms with Gasteiger partial charge in [0.25, 0.3) is 5.91 Å². The molecule has 1 aromatic heterocycles. The summed E-state index contributed by atoms with van der Waals surface area (Å²) in [5, 5.41) is 5.78. The molecule has 21 heavy (non-hydrogen) atoms. The summed E-state index contributed by atoms with van der Waals surface area (Å²) < 4.78 is 5.55. The van der Waals surface area contributed by atoms with Gasteiger partial charge in [0.2, 0.25) is 0 Å². The smallest absolute Gasteiger partial charge is 0.260 e. The highest BCUT2D eigenvalue weighted by atomic mass is 35.5. The zero-order chi connectivity index (χ0) is 15.2. The number of thiophene rings is 1. The number of halogens is 2. The highest BCUT2D eigenvalue weighted by Gasteiger charge is 2.15. The van der Waals surface area contributed by atoms with Crippen LogP contribution < -0.4 is 10.1 Å². The third-order valence-electron chi connectivity index (χ3n) is 2.82. The minimum absolute atomic E-state index is 0.169. The van der Waals surface area contributed by atoms with E-state index < -0.39 is 6.10 Å². The quantitative estimate of drug-likeness (QED) is 0.854. The van der Waals surface area contributed by atoms with Crippen LogP contribution in [-0.2, 0) is 11.2 Å². The lowest BCUT2D eigenvalue weighted by molar-refractivity contribution is -0.127. The van der Waals surface area contributed by atoms with Crippen LogP contribution in [0.1, 0.15) is 11.8 Å². The number of benzene rings is 1. The molecule has 0 aliphatic heterocycles. The molecule has 0 saturated heterocycles. The minimum atomic E-state index is -0.619. The van der Waals surface area contributed by atoms with Gasteiger partial charge in [0.1, 0.15) is 5.75 Å². The largest absolute Gasteiger partial charge is 0.479 e. The van der Waals surface area contributed by atoms with Crippen molar-refractivity contribution < 1.29 is 9.53 Å². The third-order valence-corrected chi connectivity index (χ3v) is 4.28. The fourth-order valence-electron chi connectivity index (χ4n) is 1.72. The SMILES string of the molecule is C[C@H](Oc1ccc(Cl)cc1Cl)C(=O)NCCc1cccs1. The average Bonchev–Trinajstić information content (AvgIpc) is 2.95. The molecule has 1 aromatic carbocycles. The summed E-state index contributed by atoms with van der Waals surface area (Å²) in [5.41, 5.74) is 0. The third kappa shape index (κ3) is 4.92. The molecule has 6 heteroatoms. The second-order valence-corrected chi connectivity index (χ2v) is 6.33. The molecule has 1 amide bonds. The van der Waals surface area contributed by atoms with Crippen LogP contribution in [0.15, 0.2) is 35.7 Å². The van der Waals surface area contributed by atoms with Gasteiger partial charge in [-0.1, -0.05) is 29.3 Å². The fourth-order valence-corrected chi connectivity index (χ4v) is 2.88. The molecular weight excluding hydrogens is 329 g/mol. The predicted octanol–water partition coefficient (Wildman–Crippen LogP) is 4.18. The van der Waals surface area contributed by atoms with Crippen LogP contribution in [0, 0.1) is 0 Å². The predicted molar refractivity (Wildman–Crippen MR) is 87.6 cm³/mol. The van der Waals surface area contributed by atoms with Crippen LogP contribution in [0.5, 0.6) is 5.75 Å². The van der Waals surface area contributed by atoms with Crippen LogP contribution in [-0.4, -0.2) is 18.6 Å². The van der Waals surface area contributed by atoms with Gasteiger partial charge in [-0.3, -0.25) is 4.79 Å². The molecule has 0 radical (unpaired) electrons. The zero-order valence-electron chi connectivity index (χ0n) is 11.4. The van der Waals surface area contributed by atoms with E-state index in [1.165, 1.54) is 4.88 Å². The molecule has 0 unspecified atom stereocenters. The Bertz CT molecular complexity index is 602. The van der Waals surface area contributed by atoms with Crippen LogP contribution >= 0.6 is 34.5 Å². The molecule has 1 N–H and O–H groups in total. The molecule has 112 valence electrons. The van der Waals surface area contributed by atoms with Crippen LogP contribution in [0.2, 0.25) is 10.0 Å².